The first-order valence-corrected chi connectivity index (χ1v) is 5.02. The molecular weight excluding hydrogens is 290 g/mol. The number of carbonyl (C=O) groups excluding carboxylic acids is 1. The molecule has 0 heterocycles. The van der Waals surface area contributed by atoms with E-state index >= 15 is 0 Å². The van der Waals surface area contributed by atoms with Crippen LogP contribution in [0.4, 0.5) is 17.6 Å². The van der Waals surface area contributed by atoms with E-state index in [1.54, 1.807) is 0 Å². The number of rotatable bonds is 4. The molecule has 0 radical (unpaired) electrons. The molecule has 0 unspecified atom stereocenters. The molecule has 1 atom stereocenters. The molecule has 0 aliphatic rings. The summed E-state index contributed by atoms with van der Waals surface area (Å²) >= 11 is 0. The van der Waals surface area contributed by atoms with Crippen molar-refractivity contribution in [3.05, 3.63) is 35.6 Å². The van der Waals surface area contributed by atoms with Crippen molar-refractivity contribution in [1.82, 2.24) is 0 Å². The monoisotopic (exact) mass is 301 g/mol. The van der Waals surface area contributed by atoms with Gasteiger partial charge in [-0.1, -0.05) is 18.2 Å². The van der Waals surface area contributed by atoms with E-state index in [2.05, 4.69) is 4.74 Å². The standard InChI is InChI=1S/C11H11F4NO2.ClH/c12-8-4-2-1-3-7(8)5-9(16)10(17)18-6-11(13,14)15;/h1-4,9H,5-6,16H2;1H/t9-;/m0./s1. The number of ether oxygens (including phenoxy) is 1. The third-order valence-electron chi connectivity index (χ3n) is 2.08. The first kappa shape index (κ1) is 17.7. The average Bonchev–Trinajstić information content (AvgIpc) is 2.28. The molecule has 1 rings (SSSR count). The zero-order chi connectivity index (χ0) is 13.8. The first-order chi connectivity index (χ1) is 8.29. The van der Waals surface area contributed by atoms with Crippen LogP contribution in [0.5, 0.6) is 0 Å². The van der Waals surface area contributed by atoms with Crippen LogP contribution in [0.3, 0.4) is 0 Å². The van der Waals surface area contributed by atoms with Crippen LogP contribution in [0, 0.1) is 5.82 Å². The van der Waals surface area contributed by atoms with Gasteiger partial charge in [0.2, 0.25) is 0 Å². The van der Waals surface area contributed by atoms with Gasteiger partial charge in [0, 0.05) is 6.42 Å². The van der Waals surface area contributed by atoms with Crippen molar-refractivity contribution in [2.24, 2.45) is 5.73 Å². The Labute approximate surface area is 113 Å². The lowest BCUT2D eigenvalue weighted by atomic mass is 10.1. The van der Waals surface area contributed by atoms with Gasteiger partial charge in [-0.2, -0.15) is 13.2 Å². The quantitative estimate of drug-likeness (QED) is 0.685. The van der Waals surface area contributed by atoms with E-state index in [1.807, 2.05) is 0 Å². The summed E-state index contributed by atoms with van der Waals surface area (Å²) in [7, 11) is 0. The van der Waals surface area contributed by atoms with Crippen molar-refractivity contribution in [1.29, 1.82) is 0 Å². The summed E-state index contributed by atoms with van der Waals surface area (Å²) in [6, 6.07) is 4.22. The van der Waals surface area contributed by atoms with Gasteiger partial charge in [-0.05, 0) is 11.6 Å². The number of alkyl halides is 3. The molecule has 0 amide bonds. The van der Waals surface area contributed by atoms with Gasteiger partial charge in [-0.15, -0.1) is 12.4 Å². The van der Waals surface area contributed by atoms with E-state index in [4.69, 9.17) is 5.73 Å². The zero-order valence-corrected chi connectivity index (χ0v) is 10.4. The highest BCUT2D eigenvalue weighted by Gasteiger charge is 2.30. The van der Waals surface area contributed by atoms with Gasteiger partial charge in [0.15, 0.2) is 6.61 Å². The van der Waals surface area contributed by atoms with Gasteiger partial charge < -0.3 is 10.5 Å². The molecule has 0 spiro atoms. The Bertz CT molecular complexity index is 425. The van der Waals surface area contributed by atoms with Gasteiger partial charge in [-0.25, -0.2) is 4.39 Å². The molecule has 3 nitrogen and oxygen atoms in total. The lowest BCUT2D eigenvalue weighted by molar-refractivity contribution is -0.187. The van der Waals surface area contributed by atoms with Crippen molar-refractivity contribution in [3.8, 4) is 0 Å². The van der Waals surface area contributed by atoms with E-state index < -0.39 is 30.6 Å². The molecule has 1 aromatic carbocycles. The fraction of sp³-hybridized carbons (Fsp3) is 0.364. The summed E-state index contributed by atoms with van der Waals surface area (Å²) in [5.74, 6) is -1.79. The van der Waals surface area contributed by atoms with Crippen molar-refractivity contribution >= 4 is 18.4 Å². The number of benzene rings is 1. The third-order valence-corrected chi connectivity index (χ3v) is 2.08. The molecule has 8 heteroatoms. The van der Waals surface area contributed by atoms with Crippen LogP contribution >= 0.6 is 12.4 Å². The second-order valence-corrected chi connectivity index (χ2v) is 3.62. The largest absolute Gasteiger partial charge is 0.455 e. The van der Waals surface area contributed by atoms with Crippen LogP contribution in [0.1, 0.15) is 5.56 Å². The maximum Gasteiger partial charge on any atom is 0.422 e. The van der Waals surface area contributed by atoms with Gasteiger partial charge in [0.05, 0.1) is 0 Å². The summed E-state index contributed by atoms with van der Waals surface area (Å²) in [6.45, 7) is -1.70. The Balaban J connectivity index is 0.00000324. The van der Waals surface area contributed by atoms with E-state index in [0.717, 1.165) is 0 Å². The van der Waals surface area contributed by atoms with E-state index in [9.17, 15) is 22.4 Å². The van der Waals surface area contributed by atoms with E-state index in [-0.39, 0.29) is 24.4 Å². The van der Waals surface area contributed by atoms with Crippen molar-refractivity contribution < 1.29 is 27.1 Å². The van der Waals surface area contributed by atoms with Crippen LogP contribution in [0.25, 0.3) is 0 Å². The third kappa shape index (κ3) is 6.40. The molecule has 0 aliphatic heterocycles. The molecule has 2 N–H and O–H groups in total. The number of esters is 1. The molecular formula is C11H12ClF4NO2. The van der Waals surface area contributed by atoms with Crippen molar-refractivity contribution in [2.75, 3.05) is 6.61 Å². The molecule has 0 aromatic heterocycles. The normalized spacial score (nSPS) is 12.5. The van der Waals surface area contributed by atoms with Gasteiger partial charge in [0.25, 0.3) is 0 Å². The Morgan fingerprint density at radius 2 is 1.89 bits per heavy atom. The number of halogens is 5. The fourth-order valence-corrected chi connectivity index (χ4v) is 1.24. The summed E-state index contributed by atoms with van der Waals surface area (Å²) in [5.41, 5.74) is 5.49. The Hall–Kier alpha value is -1.34. The van der Waals surface area contributed by atoms with Gasteiger partial charge in [0.1, 0.15) is 11.9 Å². The molecule has 0 saturated carbocycles. The summed E-state index contributed by atoms with van der Waals surface area (Å²) in [4.78, 5) is 11.1. The number of hydrogen-bond donors (Lipinski definition) is 1. The van der Waals surface area contributed by atoms with Crippen LogP contribution < -0.4 is 5.73 Å². The molecule has 0 saturated heterocycles. The Morgan fingerprint density at radius 3 is 2.42 bits per heavy atom. The zero-order valence-electron chi connectivity index (χ0n) is 9.61. The number of hydrogen-bond acceptors (Lipinski definition) is 3. The van der Waals surface area contributed by atoms with Gasteiger partial charge in [-0.3, -0.25) is 4.79 Å². The van der Waals surface area contributed by atoms with Crippen LogP contribution in [-0.4, -0.2) is 24.8 Å². The lowest BCUT2D eigenvalue weighted by Crippen LogP contribution is -2.36. The molecule has 19 heavy (non-hydrogen) atoms. The second-order valence-electron chi connectivity index (χ2n) is 3.62. The molecule has 0 bridgehead atoms. The smallest absolute Gasteiger partial charge is 0.422 e. The molecule has 0 fully saturated rings. The van der Waals surface area contributed by atoms with Crippen LogP contribution in [0.2, 0.25) is 0 Å². The second kappa shape index (κ2) is 7.30. The molecule has 108 valence electrons. The predicted octanol–water partition coefficient (Wildman–Crippen LogP) is 2.22. The number of nitrogens with two attached hydrogens (primary N) is 1. The average molecular weight is 302 g/mol. The maximum atomic E-state index is 13.2. The van der Waals surface area contributed by atoms with E-state index in [0.29, 0.717) is 0 Å². The minimum absolute atomic E-state index is 0. The summed E-state index contributed by atoms with van der Waals surface area (Å²) < 4.78 is 52.5. The fourth-order valence-electron chi connectivity index (χ4n) is 1.24. The Kier molecular flexibility index (Phi) is 6.78. The predicted molar refractivity (Wildman–Crippen MR) is 62.3 cm³/mol. The topological polar surface area (TPSA) is 52.3 Å². The summed E-state index contributed by atoms with van der Waals surface area (Å²) in [6.07, 6.45) is -4.82. The minimum atomic E-state index is -4.60. The van der Waals surface area contributed by atoms with Crippen molar-refractivity contribution in [2.45, 2.75) is 18.6 Å². The highest BCUT2D eigenvalue weighted by molar-refractivity contribution is 5.85. The molecule has 1 aromatic rings. The summed E-state index contributed by atoms with van der Waals surface area (Å²) in [5, 5.41) is 0. The van der Waals surface area contributed by atoms with Crippen LogP contribution in [-0.2, 0) is 16.0 Å². The van der Waals surface area contributed by atoms with Gasteiger partial charge >= 0.3 is 12.1 Å². The van der Waals surface area contributed by atoms with Crippen molar-refractivity contribution in [3.63, 3.8) is 0 Å². The SMILES string of the molecule is Cl.N[C@@H](Cc1ccccc1F)C(=O)OCC(F)(F)F. The maximum absolute atomic E-state index is 13.2. The van der Waals surface area contributed by atoms with E-state index in [1.165, 1.54) is 24.3 Å². The highest BCUT2D eigenvalue weighted by atomic mass is 35.5. The Morgan fingerprint density at radius 1 is 1.32 bits per heavy atom. The highest BCUT2D eigenvalue weighted by Crippen LogP contribution is 2.15. The lowest BCUT2D eigenvalue weighted by Gasteiger charge is -2.13. The van der Waals surface area contributed by atoms with Crippen LogP contribution in [0.15, 0.2) is 24.3 Å². The first-order valence-electron chi connectivity index (χ1n) is 5.02. The number of carbonyl (C=O) groups is 1. The minimum Gasteiger partial charge on any atom is -0.455 e. The molecule has 0 aliphatic carbocycles.